The van der Waals surface area contributed by atoms with Gasteiger partial charge >= 0.3 is 8.25 Å². The summed E-state index contributed by atoms with van der Waals surface area (Å²) in [6.07, 6.45) is 0. The normalized spacial score (nSPS) is 13.9. The lowest BCUT2D eigenvalue weighted by Crippen LogP contribution is -2.10. The molecule has 1 rings (SSSR count). The van der Waals surface area contributed by atoms with Crippen molar-refractivity contribution in [3.8, 4) is 0 Å². The smallest absolute Gasteiger partial charge is 0.316 e. The molecule has 84 valence electrons. The second-order valence-corrected chi connectivity index (χ2v) is 5.32. The van der Waals surface area contributed by atoms with Crippen molar-refractivity contribution in [1.29, 1.82) is 0 Å². The molecule has 15 heavy (non-hydrogen) atoms. The van der Waals surface area contributed by atoms with Gasteiger partial charge in [-0.3, -0.25) is 4.57 Å². The van der Waals surface area contributed by atoms with Crippen molar-refractivity contribution in [2.45, 2.75) is 32.8 Å². The molecule has 3 nitrogen and oxygen atoms in total. The molecular weight excluding hydrogens is 211 g/mol. The molecule has 1 atom stereocenters. The molecule has 1 aromatic rings. The van der Waals surface area contributed by atoms with Gasteiger partial charge in [-0.05, 0) is 16.5 Å². The predicted octanol–water partition coefficient (Wildman–Crippen LogP) is 2.88. The lowest BCUT2D eigenvalue weighted by atomic mass is 9.87. The Kier molecular flexibility index (Phi) is 4.09. The fourth-order valence-corrected chi connectivity index (χ4v) is 1.54. The molecule has 0 bridgehead atoms. The number of hydrogen-bond acceptors (Lipinski definition) is 2. The van der Waals surface area contributed by atoms with Gasteiger partial charge in [0, 0.05) is 0 Å². The zero-order chi connectivity index (χ0) is 11.5. The minimum atomic E-state index is -2.82. The fraction of sp³-hybridized carbons (Fsp3) is 0.455. The van der Waals surface area contributed by atoms with Crippen molar-refractivity contribution >= 4 is 8.25 Å². The van der Waals surface area contributed by atoms with E-state index in [4.69, 9.17) is 4.89 Å². The van der Waals surface area contributed by atoms with Crippen LogP contribution in [0.25, 0.3) is 0 Å². The SMILES string of the molecule is CC(C)(C)c1ccc(CO[PH](=O)O)cc1. The van der Waals surface area contributed by atoms with Crippen LogP contribution < -0.4 is 0 Å². The van der Waals surface area contributed by atoms with Crippen LogP contribution in [0.4, 0.5) is 0 Å². The summed E-state index contributed by atoms with van der Waals surface area (Å²) in [4.78, 5) is 8.52. The van der Waals surface area contributed by atoms with Gasteiger partial charge in [-0.1, -0.05) is 45.0 Å². The van der Waals surface area contributed by atoms with Crippen LogP contribution in [0.5, 0.6) is 0 Å². The Labute approximate surface area is 91.0 Å². The molecule has 0 saturated heterocycles. The lowest BCUT2D eigenvalue weighted by Gasteiger charge is -2.19. The van der Waals surface area contributed by atoms with Crippen LogP contribution in [0.1, 0.15) is 31.9 Å². The molecule has 0 spiro atoms. The second-order valence-electron chi connectivity index (χ2n) is 4.50. The van der Waals surface area contributed by atoms with Gasteiger partial charge < -0.3 is 9.42 Å². The predicted molar refractivity (Wildman–Crippen MR) is 61.2 cm³/mol. The highest BCUT2D eigenvalue weighted by Crippen LogP contribution is 2.23. The molecule has 0 aromatic heterocycles. The van der Waals surface area contributed by atoms with E-state index >= 15 is 0 Å². The molecule has 0 saturated carbocycles. The third-order valence-electron chi connectivity index (χ3n) is 2.18. The second kappa shape index (κ2) is 4.93. The van der Waals surface area contributed by atoms with Crippen LogP contribution in [0.2, 0.25) is 0 Å². The summed E-state index contributed by atoms with van der Waals surface area (Å²) in [6.45, 7) is 6.62. The number of benzene rings is 1. The highest BCUT2D eigenvalue weighted by atomic mass is 31.1. The fourth-order valence-electron chi connectivity index (χ4n) is 1.25. The highest BCUT2D eigenvalue weighted by molar-refractivity contribution is 7.32. The third kappa shape index (κ3) is 4.17. The van der Waals surface area contributed by atoms with E-state index in [1.165, 1.54) is 5.56 Å². The molecule has 0 heterocycles. The van der Waals surface area contributed by atoms with Crippen LogP contribution in [-0.2, 0) is 21.1 Å². The van der Waals surface area contributed by atoms with Crippen LogP contribution in [-0.4, -0.2) is 4.89 Å². The number of hydrogen-bond donors (Lipinski definition) is 1. The van der Waals surface area contributed by atoms with Gasteiger partial charge in [0.1, 0.15) is 0 Å². The van der Waals surface area contributed by atoms with E-state index in [0.29, 0.717) is 0 Å². The van der Waals surface area contributed by atoms with Crippen LogP contribution in [0.3, 0.4) is 0 Å². The van der Waals surface area contributed by atoms with Crippen molar-refractivity contribution in [2.24, 2.45) is 0 Å². The zero-order valence-electron chi connectivity index (χ0n) is 9.28. The maximum atomic E-state index is 10.4. The quantitative estimate of drug-likeness (QED) is 0.809. The number of rotatable bonds is 3. The van der Waals surface area contributed by atoms with Gasteiger partial charge in [0.2, 0.25) is 0 Å². The Hall–Kier alpha value is -0.630. The van der Waals surface area contributed by atoms with Gasteiger partial charge in [0.15, 0.2) is 0 Å². The molecule has 1 unspecified atom stereocenters. The topological polar surface area (TPSA) is 46.5 Å². The molecule has 0 aliphatic rings. The molecule has 0 aliphatic heterocycles. The molecule has 0 aliphatic carbocycles. The first-order valence-electron chi connectivity index (χ1n) is 4.85. The molecular formula is C11H17O3P. The van der Waals surface area contributed by atoms with Gasteiger partial charge in [-0.15, -0.1) is 0 Å². The summed E-state index contributed by atoms with van der Waals surface area (Å²) >= 11 is 0. The molecule has 1 aromatic carbocycles. The van der Waals surface area contributed by atoms with E-state index in [0.717, 1.165) is 5.56 Å². The molecule has 1 N–H and O–H groups in total. The van der Waals surface area contributed by atoms with Crippen LogP contribution >= 0.6 is 8.25 Å². The Bertz CT molecular complexity index is 338. The van der Waals surface area contributed by atoms with E-state index in [1.807, 2.05) is 24.3 Å². The minimum Gasteiger partial charge on any atom is -0.326 e. The van der Waals surface area contributed by atoms with Crippen molar-refractivity contribution in [3.63, 3.8) is 0 Å². The standard InChI is InChI=1S/C11H17O3P/c1-11(2,3)10-6-4-9(5-7-10)8-14-15(12)13/h4-7,15H,8H2,1-3H3,(H,12,13). The average Bonchev–Trinajstić information content (AvgIpc) is 2.14. The minimum absolute atomic E-state index is 0.129. The van der Waals surface area contributed by atoms with Gasteiger partial charge in [0.25, 0.3) is 0 Å². The summed E-state index contributed by atoms with van der Waals surface area (Å²) in [7, 11) is -2.82. The highest BCUT2D eigenvalue weighted by Gasteiger charge is 2.12. The van der Waals surface area contributed by atoms with Gasteiger partial charge in [0.05, 0.1) is 6.61 Å². The maximum absolute atomic E-state index is 10.4. The summed E-state index contributed by atoms with van der Waals surface area (Å²) in [5, 5.41) is 0. The monoisotopic (exact) mass is 228 g/mol. The molecule has 0 fully saturated rings. The van der Waals surface area contributed by atoms with E-state index in [-0.39, 0.29) is 12.0 Å². The van der Waals surface area contributed by atoms with E-state index < -0.39 is 8.25 Å². The third-order valence-corrected chi connectivity index (χ3v) is 2.57. The Morgan fingerprint density at radius 3 is 2.20 bits per heavy atom. The van der Waals surface area contributed by atoms with Crippen molar-refractivity contribution in [2.75, 3.05) is 0 Å². The summed E-state index contributed by atoms with van der Waals surface area (Å²) in [5.74, 6) is 0. The Morgan fingerprint density at radius 1 is 1.27 bits per heavy atom. The Morgan fingerprint density at radius 2 is 1.80 bits per heavy atom. The van der Waals surface area contributed by atoms with Crippen molar-refractivity contribution in [3.05, 3.63) is 35.4 Å². The summed E-state index contributed by atoms with van der Waals surface area (Å²) in [5.41, 5.74) is 2.28. The van der Waals surface area contributed by atoms with Crippen LogP contribution in [0.15, 0.2) is 24.3 Å². The molecule has 4 heteroatoms. The van der Waals surface area contributed by atoms with E-state index in [2.05, 4.69) is 25.3 Å². The molecule has 0 amide bonds. The van der Waals surface area contributed by atoms with E-state index in [1.54, 1.807) is 0 Å². The van der Waals surface area contributed by atoms with E-state index in [9.17, 15) is 4.57 Å². The van der Waals surface area contributed by atoms with Gasteiger partial charge in [-0.2, -0.15) is 0 Å². The zero-order valence-corrected chi connectivity index (χ0v) is 10.3. The van der Waals surface area contributed by atoms with Crippen molar-refractivity contribution < 1.29 is 14.0 Å². The summed E-state index contributed by atoms with van der Waals surface area (Å²) in [6, 6.07) is 7.89. The van der Waals surface area contributed by atoms with Crippen LogP contribution in [0, 0.1) is 0 Å². The Balaban J connectivity index is 2.69. The lowest BCUT2D eigenvalue weighted by molar-refractivity contribution is 0.272. The first kappa shape index (κ1) is 12.4. The maximum Gasteiger partial charge on any atom is 0.316 e. The molecule has 0 radical (unpaired) electrons. The first-order valence-corrected chi connectivity index (χ1v) is 6.11. The largest absolute Gasteiger partial charge is 0.326 e. The average molecular weight is 228 g/mol. The van der Waals surface area contributed by atoms with Crippen molar-refractivity contribution in [1.82, 2.24) is 0 Å². The van der Waals surface area contributed by atoms with Gasteiger partial charge in [-0.25, -0.2) is 0 Å². The first-order chi connectivity index (χ1) is 6.89. The summed E-state index contributed by atoms with van der Waals surface area (Å²) < 4.78 is 15.0.